The lowest BCUT2D eigenvalue weighted by molar-refractivity contribution is -0.120. The van der Waals surface area contributed by atoms with Crippen molar-refractivity contribution in [3.05, 3.63) is 65.2 Å². The Balaban J connectivity index is 1.84. The van der Waals surface area contributed by atoms with Crippen molar-refractivity contribution in [1.29, 1.82) is 0 Å². The predicted octanol–water partition coefficient (Wildman–Crippen LogP) is 3.26. The van der Waals surface area contributed by atoms with E-state index in [4.69, 9.17) is 4.74 Å². The van der Waals surface area contributed by atoms with E-state index < -0.39 is 5.91 Å². The summed E-state index contributed by atoms with van der Waals surface area (Å²) < 4.78 is 5.49. The van der Waals surface area contributed by atoms with E-state index in [9.17, 15) is 9.59 Å². The predicted molar refractivity (Wildman–Crippen MR) is 111 cm³/mol. The van der Waals surface area contributed by atoms with Gasteiger partial charge in [-0.1, -0.05) is 45.0 Å². The molecular weight excluding hydrogens is 354 g/mol. The molecule has 0 bridgehead atoms. The zero-order valence-corrected chi connectivity index (χ0v) is 16.8. The first kappa shape index (κ1) is 21.2. The van der Waals surface area contributed by atoms with E-state index in [0.717, 1.165) is 11.1 Å². The molecule has 0 saturated heterocycles. The molecule has 2 amide bonds. The van der Waals surface area contributed by atoms with Crippen LogP contribution in [0.1, 0.15) is 49.2 Å². The van der Waals surface area contributed by atoms with Gasteiger partial charge in [-0.3, -0.25) is 9.59 Å². The zero-order chi connectivity index (χ0) is 20.6. The van der Waals surface area contributed by atoms with Crippen molar-refractivity contribution in [2.45, 2.75) is 33.1 Å². The van der Waals surface area contributed by atoms with E-state index in [-0.39, 0.29) is 17.9 Å². The Hall–Kier alpha value is -3.15. The first-order valence-electron chi connectivity index (χ1n) is 9.23. The number of hydrazone groups is 1. The summed E-state index contributed by atoms with van der Waals surface area (Å²) in [4.78, 5) is 24.1. The fourth-order valence-corrected chi connectivity index (χ4v) is 2.47. The van der Waals surface area contributed by atoms with E-state index in [1.54, 1.807) is 12.1 Å². The van der Waals surface area contributed by atoms with Crippen LogP contribution in [0.3, 0.4) is 0 Å². The normalized spacial score (nSPS) is 11.3. The number of para-hydroxylation sites is 1. The molecule has 0 aliphatic carbocycles. The smallest absolute Gasteiger partial charge is 0.259 e. The van der Waals surface area contributed by atoms with Crippen LogP contribution < -0.4 is 15.5 Å². The van der Waals surface area contributed by atoms with Crippen LogP contribution in [0.15, 0.2) is 53.6 Å². The number of nitrogens with zero attached hydrogens (tertiary/aromatic N) is 1. The van der Waals surface area contributed by atoms with Crippen molar-refractivity contribution in [1.82, 2.24) is 10.7 Å². The number of benzene rings is 2. The largest absolute Gasteiger partial charge is 0.493 e. The molecular formula is C22H27N3O3. The summed E-state index contributed by atoms with van der Waals surface area (Å²) >= 11 is 0. The molecule has 0 atom stereocenters. The third-order valence-corrected chi connectivity index (χ3v) is 4.03. The Morgan fingerprint density at radius 3 is 2.39 bits per heavy atom. The van der Waals surface area contributed by atoms with E-state index in [0.29, 0.717) is 17.9 Å². The van der Waals surface area contributed by atoms with E-state index >= 15 is 0 Å². The van der Waals surface area contributed by atoms with Gasteiger partial charge >= 0.3 is 0 Å². The van der Waals surface area contributed by atoms with Gasteiger partial charge in [-0.15, -0.1) is 0 Å². The summed E-state index contributed by atoms with van der Waals surface area (Å²) in [5, 5.41) is 6.51. The second kappa shape index (κ2) is 9.69. The molecule has 2 rings (SSSR count). The number of carbonyl (C=O) groups excluding carboxylic acids is 2. The topological polar surface area (TPSA) is 79.8 Å². The maximum absolute atomic E-state index is 12.2. The monoisotopic (exact) mass is 381 g/mol. The number of amides is 2. The van der Waals surface area contributed by atoms with Crippen LogP contribution in [0.5, 0.6) is 5.75 Å². The minimum Gasteiger partial charge on any atom is -0.493 e. The molecule has 0 fully saturated rings. The Kier molecular flexibility index (Phi) is 7.32. The van der Waals surface area contributed by atoms with Gasteiger partial charge in [0.2, 0.25) is 0 Å². The van der Waals surface area contributed by atoms with Crippen LogP contribution in [0, 0.1) is 0 Å². The molecule has 6 heteroatoms. The van der Waals surface area contributed by atoms with E-state index in [1.165, 1.54) is 6.21 Å². The van der Waals surface area contributed by atoms with Crippen molar-refractivity contribution in [2.75, 3.05) is 13.2 Å². The van der Waals surface area contributed by atoms with Gasteiger partial charge in [-0.25, -0.2) is 5.43 Å². The fourth-order valence-electron chi connectivity index (χ4n) is 2.47. The Bertz CT molecular complexity index is 837. The molecule has 6 nitrogen and oxygen atoms in total. The molecule has 0 spiro atoms. The summed E-state index contributed by atoms with van der Waals surface area (Å²) in [5.74, 6) is -0.0268. The van der Waals surface area contributed by atoms with Gasteiger partial charge in [0.25, 0.3) is 11.8 Å². The average molecular weight is 381 g/mol. The van der Waals surface area contributed by atoms with Crippen LogP contribution in [-0.4, -0.2) is 31.2 Å². The molecule has 0 aliphatic heterocycles. The number of carbonyl (C=O) groups is 2. The van der Waals surface area contributed by atoms with Crippen LogP contribution in [0.2, 0.25) is 0 Å². The van der Waals surface area contributed by atoms with Gasteiger partial charge in [0.1, 0.15) is 5.75 Å². The standard InChI is InChI=1S/C22H27N3O3/c1-5-28-19-9-7-6-8-17(19)14-24-25-20(26)15-23-21(27)16-10-12-18(13-11-16)22(2,3)4/h6-14H,5,15H2,1-4H3,(H,23,27)(H,25,26)/b24-14-. The number of rotatable bonds is 7. The van der Waals surface area contributed by atoms with Crippen LogP contribution >= 0.6 is 0 Å². The number of ether oxygens (including phenoxy) is 1. The quantitative estimate of drug-likeness (QED) is 0.571. The number of nitrogens with one attached hydrogen (secondary N) is 2. The van der Waals surface area contributed by atoms with Gasteiger partial charge in [0.15, 0.2) is 0 Å². The lowest BCUT2D eigenvalue weighted by Gasteiger charge is -2.19. The molecule has 2 aromatic rings. The molecule has 28 heavy (non-hydrogen) atoms. The second-order valence-corrected chi connectivity index (χ2v) is 7.27. The van der Waals surface area contributed by atoms with E-state index in [1.807, 2.05) is 43.3 Å². The molecule has 0 heterocycles. The molecule has 0 aromatic heterocycles. The molecule has 2 N–H and O–H groups in total. The number of hydrogen-bond donors (Lipinski definition) is 2. The lowest BCUT2D eigenvalue weighted by Crippen LogP contribution is -2.34. The van der Waals surface area contributed by atoms with Gasteiger partial charge in [-0.05, 0) is 42.2 Å². The molecule has 2 aromatic carbocycles. The summed E-state index contributed by atoms with van der Waals surface area (Å²) in [6.07, 6.45) is 1.51. The highest BCUT2D eigenvalue weighted by atomic mass is 16.5. The zero-order valence-electron chi connectivity index (χ0n) is 16.8. The molecule has 148 valence electrons. The highest BCUT2D eigenvalue weighted by Crippen LogP contribution is 2.22. The first-order chi connectivity index (χ1) is 13.3. The van der Waals surface area contributed by atoms with E-state index in [2.05, 4.69) is 36.6 Å². The van der Waals surface area contributed by atoms with Crippen LogP contribution in [-0.2, 0) is 10.2 Å². The highest BCUT2D eigenvalue weighted by Gasteiger charge is 2.14. The fraction of sp³-hybridized carbons (Fsp3) is 0.318. The second-order valence-electron chi connectivity index (χ2n) is 7.27. The maximum atomic E-state index is 12.2. The Morgan fingerprint density at radius 2 is 1.75 bits per heavy atom. The van der Waals surface area contributed by atoms with Crippen molar-refractivity contribution < 1.29 is 14.3 Å². The van der Waals surface area contributed by atoms with Crippen molar-refractivity contribution in [2.24, 2.45) is 5.10 Å². The summed E-state index contributed by atoms with van der Waals surface area (Å²) in [6.45, 7) is 8.61. The minimum absolute atomic E-state index is 0.0215. The Labute approximate surface area is 166 Å². The van der Waals surface area contributed by atoms with Crippen molar-refractivity contribution >= 4 is 18.0 Å². The van der Waals surface area contributed by atoms with Crippen molar-refractivity contribution in [3.63, 3.8) is 0 Å². The first-order valence-corrected chi connectivity index (χ1v) is 9.23. The summed E-state index contributed by atoms with van der Waals surface area (Å²) in [5.41, 5.74) is 4.83. The van der Waals surface area contributed by atoms with Gasteiger partial charge in [0.05, 0.1) is 19.4 Å². The van der Waals surface area contributed by atoms with Gasteiger partial charge < -0.3 is 10.1 Å². The summed E-state index contributed by atoms with van der Waals surface area (Å²) in [6, 6.07) is 14.8. The van der Waals surface area contributed by atoms with Crippen LogP contribution in [0.25, 0.3) is 0 Å². The van der Waals surface area contributed by atoms with Crippen molar-refractivity contribution in [3.8, 4) is 5.75 Å². The lowest BCUT2D eigenvalue weighted by atomic mass is 9.87. The summed E-state index contributed by atoms with van der Waals surface area (Å²) in [7, 11) is 0. The third-order valence-electron chi connectivity index (χ3n) is 4.03. The maximum Gasteiger partial charge on any atom is 0.259 e. The molecule has 0 aliphatic rings. The van der Waals surface area contributed by atoms with Crippen LogP contribution in [0.4, 0.5) is 0 Å². The SMILES string of the molecule is CCOc1ccccc1/C=N\NC(=O)CNC(=O)c1ccc(C(C)(C)C)cc1. The van der Waals surface area contributed by atoms with Gasteiger partial charge in [0, 0.05) is 11.1 Å². The number of hydrogen-bond acceptors (Lipinski definition) is 4. The average Bonchev–Trinajstić information content (AvgIpc) is 2.67. The third kappa shape index (κ3) is 6.23. The molecule has 0 radical (unpaired) electrons. The Morgan fingerprint density at radius 1 is 1.07 bits per heavy atom. The van der Waals surface area contributed by atoms with Gasteiger partial charge in [-0.2, -0.15) is 5.10 Å². The highest BCUT2D eigenvalue weighted by molar-refractivity contribution is 5.96. The molecule has 0 saturated carbocycles. The minimum atomic E-state index is -0.412. The molecule has 0 unspecified atom stereocenters.